The zero-order chi connectivity index (χ0) is 9.68. The van der Waals surface area contributed by atoms with Crippen molar-refractivity contribution in [2.45, 2.75) is 20.8 Å². The molecule has 1 heterocycles. The lowest BCUT2D eigenvalue weighted by Crippen LogP contribution is -2.08. The second-order valence-corrected chi connectivity index (χ2v) is 3.35. The minimum Gasteiger partial charge on any atom is -0.274 e. The van der Waals surface area contributed by atoms with Gasteiger partial charge in [-0.25, -0.2) is 15.4 Å². The Morgan fingerprint density at radius 3 is 2.85 bits per heavy atom. The third-order valence-electron chi connectivity index (χ3n) is 1.40. The van der Waals surface area contributed by atoms with Crippen molar-refractivity contribution in [3.05, 3.63) is 18.1 Å². The van der Waals surface area contributed by atoms with Crippen molar-refractivity contribution in [3.8, 4) is 0 Å². The van der Waals surface area contributed by atoms with Gasteiger partial charge >= 0.3 is 0 Å². The van der Waals surface area contributed by atoms with E-state index in [0.717, 1.165) is 5.69 Å². The van der Waals surface area contributed by atoms with Gasteiger partial charge in [-0.3, -0.25) is 4.84 Å². The molecule has 1 N–H and O–H groups in total. The van der Waals surface area contributed by atoms with Crippen LogP contribution in [0.2, 0.25) is 0 Å². The lowest BCUT2D eigenvalue weighted by molar-refractivity contribution is 0.161. The van der Waals surface area contributed by atoms with Gasteiger partial charge in [0.2, 0.25) is 0 Å². The maximum atomic E-state index is 5.20. The van der Waals surface area contributed by atoms with Gasteiger partial charge in [0, 0.05) is 11.8 Å². The molecule has 0 atom stereocenters. The topological polar surface area (TPSA) is 47.0 Å². The van der Waals surface area contributed by atoms with Gasteiger partial charge in [-0.15, -0.1) is 0 Å². The number of aryl methyl sites for hydroxylation is 1. The molecule has 0 spiro atoms. The highest BCUT2D eigenvalue weighted by Crippen LogP contribution is 2.03. The third-order valence-corrected chi connectivity index (χ3v) is 1.40. The first-order chi connectivity index (χ1) is 6.18. The van der Waals surface area contributed by atoms with E-state index < -0.39 is 0 Å². The summed E-state index contributed by atoms with van der Waals surface area (Å²) in [6, 6.07) is 1.83. The van der Waals surface area contributed by atoms with Gasteiger partial charge in [0.25, 0.3) is 0 Å². The molecular weight excluding hydrogens is 166 g/mol. The molecular formula is C9H15N3O. The number of hydrogen-bond donors (Lipinski definition) is 1. The van der Waals surface area contributed by atoms with Crippen LogP contribution in [-0.2, 0) is 4.84 Å². The zero-order valence-corrected chi connectivity index (χ0v) is 8.24. The van der Waals surface area contributed by atoms with Crippen LogP contribution in [0.25, 0.3) is 0 Å². The van der Waals surface area contributed by atoms with E-state index in [1.165, 1.54) is 6.33 Å². The minimum atomic E-state index is 0.510. The van der Waals surface area contributed by atoms with Crippen LogP contribution in [0.3, 0.4) is 0 Å². The predicted molar refractivity (Wildman–Crippen MR) is 51.2 cm³/mol. The van der Waals surface area contributed by atoms with E-state index in [0.29, 0.717) is 18.3 Å². The van der Waals surface area contributed by atoms with Gasteiger partial charge in [0.05, 0.1) is 6.61 Å². The van der Waals surface area contributed by atoms with Gasteiger partial charge in [-0.1, -0.05) is 13.8 Å². The summed E-state index contributed by atoms with van der Waals surface area (Å²) in [4.78, 5) is 13.2. The highest BCUT2D eigenvalue weighted by molar-refractivity contribution is 5.31. The molecule has 1 aromatic rings. The minimum absolute atomic E-state index is 0.510. The number of nitrogens with one attached hydrogen (secondary N) is 1. The maximum Gasteiger partial charge on any atom is 0.153 e. The van der Waals surface area contributed by atoms with E-state index in [-0.39, 0.29) is 0 Å². The molecule has 0 saturated heterocycles. The van der Waals surface area contributed by atoms with E-state index in [1.54, 1.807) is 0 Å². The molecule has 4 heteroatoms. The Morgan fingerprint density at radius 1 is 1.46 bits per heavy atom. The van der Waals surface area contributed by atoms with Gasteiger partial charge in [0.1, 0.15) is 6.33 Å². The third kappa shape index (κ3) is 3.85. The summed E-state index contributed by atoms with van der Waals surface area (Å²) < 4.78 is 0. The first-order valence-corrected chi connectivity index (χ1v) is 4.35. The normalized spacial score (nSPS) is 10.5. The molecule has 0 amide bonds. The molecule has 0 aliphatic carbocycles. The zero-order valence-electron chi connectivity index (χ0n) is 8.24. The van der Waals surface area contributed by atoms with Crippen LogP contribution in [0.5, 0.6) is 0 Å². The van der Waals surface area contributed by atoms with Crippen LogP contribution in [-0.4, -0.2) is 16.6 Å². The molecule has 0 radical (unpaired) electrons. The Morgan fingerprint density at radius 2 is 2.23 bits per heavy atom. The highest BCUT2D eigenvalue weighted by atomic mass is 16.6. The summed E-state index contributed by atoms with van der Waals surface area (Å²) in [5.74, 6) is 1.21. The van der Waals surface area contributed by atoms with E-state index in [2.05, 4.69) is 29.3 Å². The highest BCUT2D eigenvalue weighted by Gasteiger charge is 1.96. The maximum absolute atomic E-state index is 5.20. The van der Waals surface area contributed by atoms with E-state index in [9.17, 15) is 0 Å². The molecule has 0 aromatic carbocycles. The van der Waals surface area contributed by atoms with Crippen LogP contribution in [0.1, 0.15) is 19.5 Å². The molecule has 4 nitrogen and oxygen atoms in total. The SMILES string of the molecule is Cc1cc(NOCC(C)C)ncn1. The number of nitrogens with zero attached hydrogens (tertiary/aromatic N) is 2. The molecule has 0 fully saturated rings. The predicted octanol–water partition coefficient (Wildman–Crippen LogP) is 1.78. The average Bonchev–Trinajstić information content (AvgIpc) is 2.03. The second-order valence-electron chi connectivity index (χ2n) is 3.35. The molecule has 72 valence electrons. The molecule has 1 aromatic heterocycles. The quantitative estimate of drug-likeness (QED) is 0.719. The van der Waals surface area contributed by atoms with Crippen LogP contribution < -0.4 is 5.48 Å². The molecule has 1 rings (SSSR count). The Balaban J connectivity index is 2.37. The van der Waals surface area contributed by atoms with E-state index in [1.807, 2.05) is 13.0 Å². The van der Waals surface area contributed by atoms with Crippen molar-refractivity contribution < 1.29 is 4.84 Å². The van der Waals surface area contributed by atoms with E-state index in [4.69, 9.17) is 4.84 Å². The summed E-state index contributed by atoms with van der Waals surface area (Å²) in [5, 5.41) is 0. The summed E-state index contributed by atoms with van der Waals surface area (Å²) >= 11 is 0. The Hall–Kier alpha value is -1.16. The van der Waals surface area contributed by atoms with Crippen molar-refractivity contribution in [1.82, 2.24) is 9.97 Å². The van der Waals surface area contributed by atoms with Crippen LogP contribution in [0.4, 0.5) is 5.82 Å². The van der Waals surface area contributed by atoms with Crippen LogP contribution >= 0.6 is 0 Å². The van der Waals surface area contributed by atoms with Gasteiger partial charge in [-0.05, 0) is 12.8 Å². The van der Waals surface area contributed by atoms with Gasteiger partial charge < -0.3 is 0 Å². The lowest BCUT2D eigenvalue weighted by atomic mass is 10.2. The summed E-state index contributed by atoms with van der Waals surface area (Å²) in [5.41, 5.74) is 3.69. The summed E-state index contributed by atoms with van der Waals surface area (Å²) in [6.07, 6.45) is 1.51. The lowest BCUT2D eigenvalue weighted by Gasteiger charge is -2.07. The summed E-state index contributed by atoms with van der Waals surface area (Å²) in [7, 11) is 0. The monoisotopic (exact) mass is 181 g/mol. The van der Waals surface area contributed by atoms with Gasteiger partial charge in [-0.2, -0.15) is 0 Å². The molecule has 0 aliphatic heterocycles. The van der Waals surface area contributed by atoms with Gasteiger partial charge in [0.15, 0.2) is 5.82 Å². The van der Waals surface area contributed by atoms with Crippen molar-refractivity contribution in [2.75, 3.05) is 12.1 Å². The van der Waals surface area contributed by atoms with Crippen molar-refractivity contribution >= 4 is 5.82 Å². The molecule has 13 heavy (non-hydrogen) atoms. The first kappa shape index (κ1) is 9.92. The Kier molecular flexibility index (Phi) is 3.64. The largest absolute Gasteiger partial charge is 0.274 e. The fraction of sp³-hybridized carbons (Fsp3) is 0.556. The van der Waals surface area contributed by atoms with E-state index >= 15 is 0 Å². The first-order valence-electron chi connectivity index (χ1n) is 4.35. The summed E-state index contributed by atoms with van der Waals surface area (Å²) in [6.45, 7) is 6.76. The number of rotatable bonds is 4. The van der Waals surface area contributed by atoms with Crippen LogP contribution in [0.15, 0.2) is 12.4 Å². The smallest absolute Gasteiger partial charge is 0.153 e. The molecule has 0 unspecified atom stereocenters. The molecule has 0 saturated carbocycles. The van der Waals surface area contributed by atoms with Crippen LogP contribution in [0, 0.1) is 12.8 Å². The second kappa shape index (κ2) is 4.77. The fourth-order valence-corrected chi connectivity index (χ4v) is 0.793. The number of hydrogen-bond acceptors (Lipinski definition) is 4. The fourth-order valence-electron chi connectivity index (χ4n) is 0.793. The van der Waals surface area contributed by atoms with Crippen molar-refractivity contribution in [3.63, 3.8) is 0 Å². The van der Waals surface area contributed by atoms with Crippen molar-refractivity contribution in [1.29, 1.82) is 0 Å². The Labute approximate surface area is 78.3 Å². The average molecular weight is 181 g/mol. The molecule has 0 bridgehead atoms. The standard InChI is InChI=1S/C9H15N3O/c1-7(2)5-13-12-9-4-8(3)10-6-11-9/h4,6-7H,5H2,1-3H3,(H,10,11,12). The number of aromatic nitrogens is 2. The van der Waals surface area contributed by atoms with Crippen molar-refractivity contribution in [2.24, 2.45) is 5.92 Å². The molecule has 0 aliphatic rings. The Bertz CT molecular complexity index is 263. The number of anilines is 1.